The lowest BCUT2D eigenvalue weighted by Crippen LogP contribution is -2.56. The van der Waals surface area contributed by atoms with E-state index >= 15 is 0 Å². The number of nitrogens with zero attached hydrogens (tertiary/aromatic N) is 5. The summed E-state index contributed by atoms with van der Waals surface area (Å²) in [6.07, 6.45) is 3.94. The van der Waals surface area contributed by atoms with Crippen molar-refractivity contribution in [2.45, 2.75) is 76.9 Å². The van der Waals surface area contributed by atoms with Gasteiger partial charge in [0, 0.05) is 70.7 Å². The molecule has 51 heavy (non-hydrogen) atoms. The fourth-order valence-electron chi connectivity index (χ4n) is 6.48. The molecular formula is C36H49N7O8. The lowest BCUT2D eigenvalue weighted by molar-refractivity contribution is -0.140. The fourth-order valence-corrected chi connectivity index (χ4v) is 6.48. The van der Waals surface area contributed by atoms with Crippen LogP contribution in [0, 0.1) is 6.92 Å². The Morgan fingerprint density at radius 1 is 0.961 bits per heavy atom. The number of hydrogen-bond donors (Lipinski definition) is 2. The molecule has 1 aromatic carbocycles. The number of amides is 6. The molecule has 1 saturated carbocycles. The Bertz CT molecular complexity index is 1640. The van der Waals surface area contributed by atoms with E-state index in [1.54, 1.807) is 43.0 Å². The van der Waals surface area contributed by atoms with Gasteiger partial charge in [0.2, 0.25) is 17.7 Å². The first-order valence-corrected chi connectivity index (χ1v) is 17.8. The van der Waals surface area contributed by atoms with E-state index in [9.17, 15) is 28.8 Å². The summed E-state index contributed by atoms with van der Waals surface area (Å²) in [5.41, 5.74) is 1.33. The number of aryl methyl sites for hydroxylation is 1. The van der Waals surface area contributed by atoms with Crippen LogP contribution < -0.4 is 15.4 Å². The summed E-state index contributed by atoms with van der Waals surface area (Å²) in [5.74, 6) is -1.43. The summed E-state index contributed by atoms with van der Waals surface area (Å²) in [5, 5.41) is 6.43. The quantitative estimate of drug-likeness (QED) is 0.334. The summed E-state index contributed by atoms with van der Waals surface area (Å²) in [4.78, 5) is 89.2. The molecule has 276 valence electrons. The van der Waals surface area contributed by atoms with Crippen LogP contribution in [0.2, 0.25) is 0 Å². The van der Waals surface area contributed by atoms with Gasteiger partial charge < -0.3 is 39.7 Å². The van der Waals surface area contributed by atoms with Crippen molar-refractivity contribution in [3.8, 4) is 5.75 Å². The van der Waals surface area contributed by atoms with Gasteiger partial charge in [-0.1, -0.05) is 6.07 Å². The van der Waals surface area contributed by atoms with E-state index in [0.717, 1.165) is 31.2 Å². The predicted octanol–water partition coefficient (Wildman–Crippen LogP) is 1.85. The summed E-state index contributed by atoms with van der Waals surface area (Å²) < 4.78 is 11.1. The minimum absolute atomic E-state index is 0.0173. The largest absolute Gasteiger partial charge is 0.483 e. The number of pyridine rings is 1. The van der Waals surface area contributed by atoms with Crippen LogP contribution >= 0.6 is 0 Å². The third-order valence-electron chi connectivity index (χ3n) is 9.71. The SMILES string of the molecule is CCOC(=O)N1CCN(C(=O)C(CCC(=O)N(C)C)NC(=O)c2cc(OCC(=O)N3CCCC3C(=O)NC3CCC3)c3ccc(C)cc3n2)CC1. The van der Waals surface area contributed by atoms with E-state index in [4.69, 9.17) is 9.47 Å². The van der Waals surface area contributed by atoms with Crippen molar-refractivity contribution in [2.24, 2.45) is 0 Å². The highest BCUT2D eigenvalue weighted by atomic mass is 16.6. The zero-order chi connectivity index (χ0) is 36.7. The number of hydrogen-bond acceptors (Lipinski definition) is 9. The first-order valence-electron chi connectivity index (χ1n) is 17.8. The maximum atomic E-state index is 13.8. The predicted molar refractivity (Wildman–Crippen MR) is 187 cm³/mol. The first-order chi connectivity index (χ1) is 24.4. The molecule has 3 heterocycles. The van der Waals surface area contributed by atoms with Gasteiger partial charge in [0.1, 0.15) is 23.5 Å². The van der Waals surface area contributed by atoms with Gasteiger partial charge in [0.05, 0.1) is 12.1 Å². The zero-order valence-electron chi connectivity index (χ0n) is 29.9. The highest BCUT2D eigenvalue weighted by molar-refractivity contribution is 5.99. The molecule has 5 rings (SSSR count). The smallest absolute Gasteiger partial charge is 0.409 e. The van der Waals surface area contributed by atoms with Crippen LogP contribution in [0.15, 0.2) is 24.3 Å². The van der Waals surface area contributed by atoms with E-state index in [1.165, 1.54) is 15.9 Å². The Kier molecular flexibility index (Phi) is 12.3. The van der Waals surface area contributed by atoms with Crippen LogP contribution in [0.25, 0.3) is 10.9 Å². The van der Waals surface area contributed by atoms with Crippen molar-refractivity contribution in [3.63, 3.8) is 0 Å². The van der Waals surface area contributed by atoms with Gasteiger partial charge >= 0.3 is 6.09 Å². The number of carbonyl (C=O) groups is 6. The van der Waals surface area contributed by atoms with Crippen LogP contribution in [0.1, 0.15) is 67.9 Å². The second-order valence-corrected chi connectivity index (χ2v) is 13.6. The standard InChI is InChI=1S/C36H49N7O8/c1-5-50-36(49)42-18-16-41(17-19-42)35(48)26(13-14-31(44)40(3)4)39-33(46)28-21-30(25-12-11-23(2)20-27(25)38-28)51-22-32(45)43-15-7-10-29(43)34(47)37-24-8-6-9-24/h11-12,20-21,24,26,29H,5-10,13-19,22H2,1-4H3,(H,37,47)(H,39,46). The third kappa shape index (κ3) is 9.24. The number of ether oxygens (including phenoxy) is 2. The average molecular weight is 708 g/mol. The van der Waals surface area contributed by atoms with Gasteiger partial charge in [-0.3, -0.25) is 24.0 Å². The fraction of sp³-hybridized carbons (Fsp3) is 0.583. The van der Waals surface area contributed by atoms with Crippen molar-refractivity contribution in [2.75, 3.05) is 60.0 Å². The molecule has 3 fully saturated rings. The molecule has 0 radical (unpaired) electrons. The summed E-state index contributed by atoms with van der Waals surface area (Å²) in [6, 6.07) is 5.50. The number of fused-ring (bicyclic) bond motifs is 1. The average Bonchev–Trinajstić information content (AvgIpc) is 3.60. The number of likely N-dealkylation sites (tertiary alicyclic amines) is 1. The first kappa shape index (κ1) is 37.3. The van der Waals surface area contributed by atoms with Crippen LogP contribution in [-0.4, -0.2) is 138 Å². The Labute approximate surface area is 298 Å². The monoisotopic (exact) mass is 707 g/mol. The molecule has 6 amide bonds. The van der Waals surface area contributed by atoms with Gasteiger partial charge in [-0.05, 0) is 70.1 Å². The molecule has 1 aromatic heterocycles. The van der Waals surface area contributed by atoms with Crippen LogP contribution in [0.5, 0.6) is 5.75 Å². The molecule has 2 aliphatic heterocycles. The third-order valence-corrected chi connectivity index (χ3v) is 9.71. The number of carbonyl (C=O) groups excluding carboxylic acids is 6. The van der Waals surface area contributed by atoms with Crippen LogP contribution in [0.4, 0.5) is 4.79 Å². The van der Waals surface area contributed by atoms with Gasteiger partial charge in [-0.15, -0.1) is 0 Å². The van der Waals surface area contributed by atoms with Crippen LogP contribution in [-0.2, 0) is 23.9 Å². The summed E-state index contributed by atoms with van der Waals surface area (Å²) in [6.45, 7) is 5.00. The second kappa shape index (κ2) is 16.8. The number of benzene rings is 1. The van der Waals surface area contributed by atoms with Gasteiger partial charge in [-0.25, -0.2) is 9.78 Å². The Balaban J connectivity index is 1.31. The van der Waals surface area contributed by atoms with E-state index in [2.05, 4.69) is 15.6 Å². The number of nitrogens with one attached hydrogen (secondary N) is 2. The molecule has 0 bridgehead atoms. The van der Waals surface area contributed by atoms with E-state index in [-0.39, 0.29) is 93.3 Å². The van der Waals surface area contributed by atoms with Gasteiger partial charge in [0.15, 0.2) is 6.61 Å². The number of rotatable bonds is 12. The summed E-state index contributed by atoms with van der Waals surface area (Å²) >= 11 is 0. The molecule has 3 aliphatic rings. The number of aromatic nitrogens is 1. The molecule has 2 saturated heterocycles. The van der Waals surface area contributed by atoms with Crippen molar-refractivity contribution >= 4 is 46.5 Å². The Hall–Kier alpha value is -4.95. The molecular weight excluding hydrogens is 658 g/mol. The minimum Gasteiger partial charge on any atom is -0.483 e. The molecule has 2 aromatic rings. The van der Waals surface area contributed by atoms with E-state index in [1.807, 2.05) is 13.0 Å². The summed E-state index contributed by atoms with van der Waals surface area (Å²) in [7, 11) is 3.24. The molecule has 2 atom stereocenters. The topological polar surface area (TPSA) is 171 Å². The van der Waals surface area contributed by atoms with Crippen LogP contribution in [0.3, 0.4) is 0 Å². The Morgan fingerprint density at radius 2 is 1.69 bits per heavy atom. The lowest BCUT2D eigenvalue weighted by Gasteiger charge is -2.36. The molecule has 2 N–H and O–H groups in total. The minimum atomic E-state index is -1.05. The highest BCUT2D eigenvalue weighted by Crippen LogP contribution is 2.28. The second-order valence-electron chi connectivity index (χ2n) is 13.6. The molecule has 15 nitrogen and oxygen atoms in total. The van der Waals surface area contributed by atoms with E-state index in [0.29, 0.717) is 23.9 Å². The van der Waals surface area contributed by atoms with Crippen molar-refractivity contribution in [1.82, 2.24) is 35.2 Å². The van der Waals surface area contributed by atoms with Crippen molar-refractivity contribution in [3.05, 3.63) is 35.5 Å². The molecule has 15 heteroatoms. The zero-order valence-corrected chi connectivity index (χ0v) is 29.9. The number of piperazine rings is 1. The molecule has 1 aliphatic carbocycles. The van der Waals surface area contributed by atoms with Gasteiger partial charge in [0.25, 0.3) is 11.8 Å². The van der Waals surface area contributed by atoms with Crippen molar-refractivity contribution in [1.29, 1.82) is 0 Å². The normalized spacial score (nSPS) is 18.1. The Morgan fingerprint density at radius 3 is 2.35 bits per heavy atom. The van der Waals surface area contributed by atoms with Gasteiger partial charge in [-0.2, -0.15) is 0 Å². The lowest BCUT2D eigenvalue weighted by atomic mass is 9.93. The maximum Gasteiger partial charge on any atom is 0.409 e. The molecule has 2 unspecified atom stereocenters. The van der Waals surface area contributed by atoms with Crippen molar-refractivity contribution < 1.29 is 38.2 Å². The molecule has 0 spiro atoms. The van der Waals surface area contributed by atoms with E-state index < -0.39 is 24.1 Å². The highest BCUT2D eigenvalue weighted by Gasteiger charge is 2.36. The maximum absolute atomic E-state index is 13.8.